The summed E-state index contributed by atoms with van der Waals surface area (Å²) in [4.78, 5) is 11.5. The van der Waals surface area contributed by atoms with E-state index in [0.29, 0.717) is 12.5 Å². The van der Waals surface area contributed by atoms with E-state index < -0.39 is 0 Å². The Balaban J connectivity index is 3.75. The van der Waals surface area contributed by atoms with Crippen LogP contribution in [-0.2, 0) is 9.53 Å². The van der Waals surface area contributed by atoms with E-state index in [1.807, 2.05) is 0 Å². The minimum absolute atomic E-state index is 0.268. The molecule has 0 aliphatic carbocycles. The van der Waals surface area contributed by atoms with Gasteiger partial charge in [0.15, 0.2) is 0 Å². The van der Waals surface area contributed by atoms with E-state index in [9.17, 15) is 4.79 Å². The normalized spacial score (nSPS) is 12.1. The Morgan fingerprint density at radius 1 is 0.613 bits per heavy atom. The Kier molecular flexibility index (Phi) is 24.8. The maximum Gasteiger partial charge on any atom is 0.330 e. The molecule has 2 heteroatoms. The quantitative estimate of drug-likeness (QED) is 0.0808. The van der Waals surface area contributed by atoms with Crippen molar-refractivity contribution in [2.24, 2.45) is 5.92 Å². The van der Waals surface area contributed by atoms with Crippen LogP contribution in [0.5, 0.6) is 0 Å². The zero-order chi connectivity index (χ0) is 22.8. The molecule has 0 aromatic carbocycles. The lowest BCUT2D eigenvalue weighted by atomic mass is 9.94. The third-order valence-corrected chi connectivity index (χ3v) is 6.56. The minimum Gasteiger partial charge on any atom is -0.462 e. The summed E-state index contributed by atoms with van der Waals surface area (Å²) >= 11 is 0. The Bertz CT molecular complexity index is 377. The molecule has 1 unspecified atom stereocenters. The zero-order valence-corrected chi connectivity index (χ0v) is 21.4. The second-order valence-corrected chi connectivity index (χ2v) is 9.64. The number of esters is 1. The molecule has 1 atom stereocenters. The highest BCUT2D eigenvalue weighted by atomic mass is 16.5. The Morgan fingerprint density at radius 3 is 1.26 bits per heavy atom. The van der Waals surface area contributed by atoms with Gasteiger partial charge in [-0.3, -0.25) is 0 Å². The standard InChI is InChI=1S/C29H56O2/c1-4-7-9-11-13-15-16-18-20-22-24-26-28(27-31-29(30)6-3)25-23-21-19-17-14-12-10-8-5-2/h6,28H,3-5,7-27H2,1-2H3. The molecule has 0 spiro atoms. The number of unbranched alkanes of at least 4 members (excludes halogenated alkanes) is 18. The number of carbonyl (C=O) groups is 1. The van der Waals surface area contributed by atoms with E-state index in [-0.39, 0.29) is 5.97 Å². The molecule has 184 valence electrons. The van der Waals surface area contributed by atoms with Gasteiger partial charge in [-0.1, -0.05) is 149 Å². The zero-order valence-electron chi connectivity index (χ0n) is 21.4. The van der Waals surface area contributed by atoms with Crippen molar-refractivity contribution >= 4 is 5.97 Å². The number of ether oxygens (including phenoxy) is 1. The van der Waals surface area contributed by atoms with Crippen LogP contribution in [0.2, 0.25) is 0 Å². The fourth-order valence-electron chi connectivity index (χ4n) is 4.41. The maximum atomic E-state index is 11.5. The lowest BCUT2D eigenvalue weighted by Gasteiger charge is -2.16. The third kappa shape index (κ3) is 23.7. The van der Waals surface area contributed by atoms with Gasteiger partial charge in [-0.15, -0.1) is 0 Å². The number of carbonyl (C=O) groups excluding carboxylic acids is 1. The average Bonchev–Trinajstić information content (AvgIpc) is 2.78. The first-order chi connectivity index (χ1) is 15.2. The van der Waals surface area contributed by atoms with E-state index in [0.717, 1.165) is 0 Å². The SMILES string of the molecule is C=CC(=O)OCC(CCCCCCCCCCC)CCCCCCCCCCCCC. The molecule has 0 N–H and O–H groups in total. The van der Waals surface area contributed by atoms with Crippen molar-refractivity contribution in [1.29, 1.82) is 0 Å². The molecule has 0 aromatic heterocycles. The lowest BCUT2D eigenvalue weighted by molar-refractivity contribution is -0.139. The molecule has 0 saturated heterocycles. The molecule has 0 heterocycles. The van der Waals surface area contributed by atoms with Gasteiger partial charge in [-0.2, -0.15) is 0 Å². The molecule has 0 aliphatic heterocycles. The summed E-state index contributed by atoms with van der Waals surface area (Å²) in [5, 5.41) is 0. The van der Waals surface area contributed by atoms with Crippen LogP contribution in [0.25, 0.3) is 0 Å². The Labute approximate surface area is 196 Å². The highest BCUT2D eigenvalue weighted by molar-refractivity contribution is 5.81. The van der Waals surface area contributed by atoms with E-state index >= 15 is 0 Å². The molecule has 31 heavy (non-hydrogen) atoms. The van der Waals surface area contributed by atoms with Crippen molar-refractivity contribution in [2.75, 3.05) is 6.61 Å². The van der Waals surface area contributed by atoms with Gasteiger partial charge >= 0.3 is 5.97 Å². The van der Waals surface area contributed by atoms with E-state index in [4.69, 9.17) is 4.74 Å². The summed E-state index contributed by atoms with van der Waals surface area (Å²) in [6, 6.07) is 0. The minimum atomic E-state index is -0.268. The highest BCUT2D eigenvalue weighted by Gasteiger charge is 2.11. The van der Waals surface area contributed by atoms with Crippen LogP contribution >= 0.6 is 0 Å². The van der Waals surface area contributed by atoms with Crippen molar-refractivity contribution in [2.45, 2.75) is 155 Å². The lowest BCUT2D eigenvalue weighted by Crippen LogP contribution is -2.13. The van der Waals surface area contributed by atoms with Gasteiger partial charge in [0.25, 0.3) is 0 Å². The van der Waals surface area contributed by atoms with Gasteiger partial charge in [-0.05, 0) is 18.8 Å². The Hall–Kier alpha value is -0.790. The van der Waals surface area contributed by atoms with Crippen molar-refractivity contribution < 1.29 is 9.53 Å². The van der Waals surface area contributed by atoms with Crippen LogP contribution in [0.3, 0.4) is 0 Å². The smallest absolute Gasteiger partial charge is 0.330 e. The summed E-state index contributed by atoms with van der Waals surface area (Å²) in [5.74, 6) is 0.267. The second-order valence-electron chi connectivity index (χ2n) is 9.64. The molecule has 0 aliphatic rings. The number of hydrogen-bond acceptors (Lipinski definition) is 2. The van der Waals surface area contributed by atoms with Crippen molar-refractivity contribution in [3.05, 3.63) is 12.7 Å². The largest absolute Gasteiger partial charge is 0.462 e. The summed E-state index contributed by atoms with van der Waals surface area (Å²) in [6.07, 6.45) is 31.2. The predicted octanol–water partition coefficient (Wildman–Crippen LogP) is 9.95. The van der Waals surface area contributed by atoms with Gasteiger partial charge in [0.1, 0.15) is 0 Å². The summed E-state index contributed by atoms with van der Waals surface area (Å²) in [7, 11) is 0. The molecule has 2 nitrogen and oxygen atoms in total. The monoisotopic (exact) mass is 436 g/mol. The van der Waals surface area contributed by atoms with Crippen LogP contribution in [-0.4, -0.2) is 12.6 Å². The third-order valence-electron chi connectivity index (χ3n) is 6.56. The molecule has 0 bridgehead atoms. The molecule has 0 radical (unpaired) electrons. The van der Waals surface area contributed by atoms with Gasteiger partial charge < -0.3 is 4.74 Å². The summed E-state index contributed by atoms with van der Waals surface area (Å²) in [6.45, 7) is 8.66. The van der Waals surface area contributed by atoms with Crippen LogP contribution < -0.4 is 0 Å². The molecular weight excluding hydrogens is 380 g/mol. The average molecular weight is 437 g/mol. The van der Waals surface area contributed by atoms with Gasteiger partial charge in [0, 0.05) is 6.08 Å². The summed E-state index contributed by atoms with van der Waals surface area (Å²) < 4.78 is 5.38. The summed E-state index contributed by atoms with van der Waals surface area (Å²) in [5.41, 5.74) is 0. The first-order valence-electron chi connectivity index (χ1n) is 14.0. The first kappa shape index (κ1) is 30.2. The number of rotatable bonds is 25. The van der Waals surface area contributed by atoms with E-state index in [2.05, 4.69) is 20.4 Å². The molecule has 0 aromatic rings. The Morgan fingerprint density at radius 2 is 0.935 bits per heavy atom. The van der Waals surface area contributed by atoms with Crippen LogP contribution in [0.1, 0.15) is 155 Å². The topological polar surface area (TPSA) is 26.3 Å². The van der Waals surface area contributed by atoms with Crippen molar-refractivity contribution in [3.8, 4) is 0 Å². The molecule has 0 rings (SSSR count). The number of hydrogen-bond donors (Lipinski definition) is 0. The highest BCUT2D eigenvalue weighted by Crippen LogP contribution is 2.20. The maximum absolute atomic E-state index is 11.5. The molecule has 0 amide bonds. The van der Waals surface area contributed by atoms with E-state index in [1.165, 1.54) is 147 Å². The molecular formula is C29H56O2. The second kappa shape index (κ2) is 25.5. The van der Waals surface area contributed by atoms with Crippen LogP contribution in [0.4, 0.5) is 0 Å². The first-order valence-corrected chi connectivity index (χ1v) is 14.0. The van der Waals surface area contributed by atoms with Crippen LogP contribution in [0, 0.1) is 5.92 Å². The van der Waals surface area contributed by atoms with Gasteiger partial charge in [0.05, 0.1) is 6.61 Å². The molecule has 0 fully saturated rings. The van der Waals surface area contributed by atoms with Crippen molar-refractivity contribution in [3.63, 3.8) is 0 Å². The fourth-order valence-corrected chi connectivity index (χ4v) is 4.41. The van der Waals surface area contributed by atoms with Crippen LogP contribution in [0.15, 0.2) is 12.7 Å². The van der Waals surface area contributed by atoms with Gasteiger partial charge in [-0.25, -0.2) is 4.79 Å². The molecule has 0 saturated carbocycles. The van der Waals surface area contributed by atoms with Gasteiger partial charge in [0.2, 0.25) is 0 Å². The predicted molar refractivity (Wildman–Crippen MR) is 138 cm³/mol. The fraction of sp³-hybridized carbons (Fsp3) is 0.897. The van der Waals surface area contributed by atoms with Crippen molar-refractivity contribution in [1.82, 2.24) is 0 Å². The van der Waals surface area contributed by atoms with E-state index in [1.54, 1.807) is 0 Å².